The van der Waals surface area contributed by atoms with Crippen LogP contribution in [0, 0.1) is 0 Å². The minimum atomic E-state index is -0.280. The molecule has 2 aromatic rings. The normalized spacial score (nSPS) is 12.4. The van der Waals surface area contributed by atoms with Gasteiger partial charge in [-0.3, -0.25) is 9.89 Å². The predicted molar refractivity (Wildman–Crippen MR) is 63.5 cm³/mol. The minimum Gasteiger partial charge on any atom is -0.321 e. The van der Waals surface area contributed by atoms with Crippen molar-refractivity contribution in [2.45, 2.75) is 19.4 Å². The van der Waals surface area contributed by atoms with Gasteiger partial charge in [0.2, 0.25) is 5.82 Å². The van der Waals surface area contributed by atoms with Crippen molar-refractivity contribution in [2.75, 3.05) is 0 Å². The highest BCUT2D eigenvalue weighted by Crippen LogP contribution is 2.12. The highest BCUT2D eigenvalue weighted by molar-refractivity contribution is 5.90. The standard InChI is InChI=1S/C12H14N4O/c1-8(17)11-14-12(16-15-11)10(13)7-9-5-3-2-4-6-9/h2-6,10H,7,13H2,1H3,(H,14,15,16)/t10-/m0/s1. The molecule has 5 heteroatoms. The molecular formula is C12H14N4O. The molecule has 2 rings (SSSR count). The van der Waals surface area contributed by atoms with E-state index in [0.29, 0.717) is 12.2 Å². The van der Waals surface area contributed by atoms with Gasteiger partial charge in [0, 0.05) is 6.92 Å². The largest absolute Gasteiger partial charge is 0.321 e. The number of aromatic nitrogens is 3. The zero-order valence-corrected chi connectivity index (χ0v) is 9.55. The van der Waals surface area contributed by atoms with Crippen LogP contribution >= 0.6 is 0 Å². The number of rotatable bonds is 4. The molecule has 0 aliphatic carbocycles. The summed E-state index contributed by atoms with van der Waals surface area (Å²) in [5, 5.41) is 6.51. The fraction of sp³-hybridized carbons (Fsp3) is 0.250. The number of benzene rings is 1. The molecule has 0 aliphatic rings. The molecule has 0 aliphatic heterocycles. The molecule has 0 unspecified atom stereocenters. The molecule has 1 aromatic carbocycles. The quantitative estimate of drug-likeness (QED) is 0.774. The van der Waals surface area contributed by atoms with E-state index < -0.39 is 0 Å². The Morgan fingerprint density at radius 3 is 2.71 bits per heavy atom. The lowest BCUT2D eigenvalue weighted by Gasteiger charge is -2.07. The number of carbonyl (C=O) groups excluding carboxylic acids is 1. The Hall–Kier alpha value is -2.01. The summed E-state index contributed by atoms with van der Waals surface area (Å²) in [6.45, 7) is 1.43. The third-order valence-corrected chi connectivity index (χ3v) is 2.47. The van der Waals surface area contributed by atoms with E-state index in [2.05, 4.69) is 15.2 Å². The van der Waals surface area contributed by atoms with Crippen LogP contribution in [-0.2, 0) is 6.42 Å². The average Bonchev–Trinajstić information content (AvgIpc) is 2.79. The summed E-state index contributed by atoms with van der Waals surface area (Å²) >= 11 is 0. The number of H-pyrrole nitrogens is 1. The van der Waals surface area contributed by atoms with E-state index in [0.717, 1.165) is 5.56 Å². The molecule has 1 heterocycles. The zero-order valence-electron chi connectivity index (χ0n) is 9.55. The maximum absolute atomic E-state index is 11.1. The van der Waals surface area contributed by atoms with Gasteiger partial charge in [-0.15, -0.1) is 0 Å². The van der Waals surface area contributed by atoms with Gasteiger partial charge in [0.05, 0.1) is 6.04 Å². The van der Waals surface area contributed by atoms with Gasteiger partial charge >= 0.3 is 0 Å². The first-order valence-electron chi connectivity index (χ1n) is 5.39. The van der Waals surface area contributed by atoms with Crippen LogP contribution in [0.1, 0.15) is 35.0 Å². The molecule has 0 fully saturated rings. The van der Waals surface area contributed by atoms with E-state index in [9.17, 15) is 4.79 Å². The van der Waals surface area contributed by atoms with Gasteiger partial charge in [-0.1, -0.05) is 30.3 Å². The Morgan fingerprint density at radius 2 is 2.12 bits per heavy atom. The van der Waals surface area contributed by atoms with E-state index in [-0.39, 0.29) is 17.6 Å². The van der Waals surface area contributed by atoms with Crippen LogP contribution < -0.4 is 5.73 Å². The van der Waals surface area contributed by atoms with Gasteiger partial charge in [0.25, 0.3) is 0 Å². The molecule has 1 aromatic heterocycles. The van der Waals surface area contributed by atoms with E-state index in [1.807, 2.05) is 30.3 Å². The Kier molecular flexibility index (Phi) is 3.30. The smallest absolute Gasteiger partial charge is 0.217 e. The monoisotopic (exact) mass is 230 g/mol. The lowest BCUT2D eigenvalue weighted by atomic mass is 10.1. The number of nitrogens with two attached hydrogens (primary N) is 1. The van der Waals surface area contributed by atoms with Gasteiger partial charge in [0.15, 0.2) is 5.78 Å². The fourth-order valence-corrected chi connectivity index (χ4v) is 1.56. The summed E-state index contributed by atoms with van der Waals surface area (Å²) < 4.78 is 0. The van der Waals surface area contributed by atoms with Crippen LogP contribution in [0.25, 0.3) is 0 Å². The fourth-order valence-electron chi connectivity index (χ4n) is 1.56. The maximum atomic E-state index is 11.1. The van der Waals surface area contributed by atoms with E-state index >= 15 is 0 Å². The average molecular weight is 230 g/mol. The lowest BCUT2D eigenvalue weighted by molar-refractivity contribution is 0.100. The van der Waals surface area contributed by atoms with Crippen molar-refractivity contribution in [3.05, 3.63) is 47.5 Å². The zero-order chi connectivity index (χ0) is 12.3. The van der Waals surface area contributed by atoms with Crippen LogP contribution in [0.15, 0.2) is 30.3 Å². The SMILES string of the molecule is CC(=O)c1n[nH]c([C@@H](N)Cc2ccccc2)n1. The highest BCUT2D eigenvalue weighted by Gasteiger charge is 2.14. The molecule has 0 saturated heterocycles. The van der Waals surface area contributed by atoms with Crippen molar-refractivity contribution in [2.24, 2.45) is 5.73 Å². The molecule has 0 radical (unpaired) electrons. The van der Waals surface area contributed by atoms with Gasteiger partial charge in [0.1, 0.15) is 5.82 Å². The van der Waals surface area contributed by atoms with Crippen molar-refractivity contribution in [1.82, 2.24) is 15.2 Å². The number of hydrogen-bond donors (Lipinski definition) is 2. The molecule has 88 valence electrons. The van der Waals surface area contributed by atoms with Crippen molar-refractivity contribution < 1.29 is 4.79 Å². The Labute approximate surface area is 99.1 Å². The van der Waals surface area contributed by atoms with Crippen LogP contribution in [0.3, 0.4) is 0 Å². The molecule has 0 bridgehead atoms. The Morgan fingerprint density at radius 1 is 1.41 bits per heavy atom. The summed E-state index contributed by atoms with van der Waals surface area (Å²) in [5.74, 6) is 0.557. The summed E-state index contributed by atoms with van der Waals surface area (Å²) in [7, 11) is 0. The van der Waals surface area contributed by atoms with E-state index in [4.69, 9.17) is 5.73 Å². The number of carbonyl (C=O) groups is 1. The molecule has 1 atom stereocenters. The second kappa shape index (κ2) is 4.88. The number of nitrogens with one attached hydrogen (secondary N) is 1. The van der Waals surface area contributed by atoms with Crippen molar-refractivity contribution in [3.8, 4) is 0 Å². The minimum absolute atomic E-state index is 0.167. The summed E-state index contributed by atoms with van der Waals surface area (Å²) in [6.07, 6.45) is 0.660. The first-order chi connectivity index (χ1) is 8.16. The van der Waals surface area contributed by atoms with Gasteiger partial charge in [-0.2, -0.15) is 5.10 Å². The predicted octanol–water partition coefficient (Wildman–Crippen LogP) is 1.25. The van der Waals surface area contributed by atoms with E-state index in [1.54, 1.807) is 0 Å². The number of ketones is 1. The second-order valence-corrected chi connectivity index (χ2v) is 3.90. The third-order valence-electron chi connectivity index (χ3n) is 2.47. The van der Waals surface area contributed by atoms with Gasteiger partial charge < -0.3 is 5.73 Å². The lowest BCUT2D eigenvalue weighted by Crippen LogP contribution is -2.15. The van der Waals surface area contributed by atoms with Crippen LogP contribution in [0.4, 0.5) is 0 Å². The number of aromatic amines is 1. The first-order valence-corrected chi connectivity index (χ1v) is 5.39. The Bertz CT molecular complexity index is 506. The van der Waals surface area contributed by atoms with Crippen molar-refractivity contribution >= 4 is 5.78 Å². The number of Topliss-reactive ketones (excluding diaryl/α,β-unsaturated/α-hetero) is 1. The van der Waals surface area contributed by atoms with Gasteiger partial charge in [-0.25, -0.2) is 4.98 Å². The van der Waals surface area contributed by atoms with Crippen LogP contribution in [0.2, 0.25) is 0 Å². The first kappa shape index (κ1) is 11.5. The molecule has 0 spiro atoms. The van der Waals surface area contributed by atoms with Crippen molar-refractivity contribution in [1.29, 1.82) is 0 Å². The van der Waals surface area contributed by atoms with Gasteiger partial charge in [-0.05, 0) is 12.0 Å². The summed E-state index contributed by atoms with van der Waals surface area (Å²) in [5.41, 5.74) is 7.12. The molecule has 5 nitrogen and oxygen atoms in total. The summed E-state index contributed by atoms with van der Waals surface area (Å²) in [6, 6.07) is 9.60. The molecule has 3 N–H and O–H groups in total. The van der Waals surface area contributed by atoms with Crippen molar-refractivity contribution in [3.63, 3.8) is 0 Å². The molecule has 0 amide bonds. The van der Waals surface area contributed by atoms with Crippen LogP contribution in [0.5, 0.6) is 0 Å². The highest BCUT2D eigenvalue weighted by atomic mass is 16.1. The van der Waals surface area contributed by atoms with Crippen LogP contribution in [-0.4, -0.2) is 21.0 Å². The summed E-state index contributed by atoms with van der Waals surface area (Å²) in [4.78, 5) is 15.1. The Balaban J connectivity index is 2.09. The maximum Gasteiger partial charge on any atom is 0.217 e. The molecule has 17 heavy (non-hydrogen) atoms. The topological polar surface area (TPSA) is 84.7 Å². The van der Waals surface area contributed by atoms with E-state index in [1.165, 1.54) is 6.92 Å². The number of hydrogen-bond acceptors (Lipinski definition) is 4. The third kappa shape index (κ3) is 2.76. The molecule has 0 saturated carbocycles. The number of nitrogens with zero attached hydrogens (tertiary/aromatic N) is 2. The second-order valence-electron chi connectivity index (χ2n) is 3.90. The molecular weight excluding hydrogens is 216 g/mol.